The molecule has 1 aromatic rings. The number of methoxy groups -OCH3 is 1. The van der Waals surface area contributed by atoms with Gasteiger partial charge in [0.05, 0.1) is 7.11 Å². The molecule has 98 valence electrons. The molecule has 0 saturated heterocycles. The van der Waals surface area contributed by atoms with Crippen LogP contribution in [0.5, 0.6) is 5.75 Å². The second-order valence-corrected chi connectivity index (χ2v) is 4.84. The van der Waals surface area contributed by atoms with Gasteiger partial charge < -0.3 is 4.74 Å². The zero-order valence-electron chi connectivity index (χ0n) is 10.5. The Morgan fingerprint density at radius 3 is 2.67 bits per heavy atom. The molecule has 0 aliphatic heterocycles. The second-order valence-electron chi connectivity index (χ2n) is 4.84. The second kappa shape index (κ2) is 4.67. The molecule has 0 aromatic heterocycles. The number of hydrogen-bond donors (Lipinski definition) is 0. The summed E-state index contributed by atoms with van der Waals surface area (Å²) < 4.78 is 31.3. The SMILES string of the molecule is COc1ccc(C(=O)C2CCC(F)(F)C2)c(C)c1. The molecule has 0 radical (unpaired) electrons. The number of ketones is 1. The van der Waals surface area contributed by atoms with Gasteiger partial charge in [-0.1, -0.05) is 0 Å². The molecule has 1 atom stereocenters. The molecule has 0 spiro atoms. The monoisotopic (exact) mass is 254 g/mol. The fourth-order valence-corrected chi connectivity index (χ4v) is 2.43. The van der Waals surface area contributed by atoms with E-state index in [9.17, 15) is 13.6 Å². The van der Waals surface area contributed by atoms with Crippen molar-refractivity contribution < 1.29 is 18.3 Å². The molecule has 1 aliphatic rings. The van der Waals surface area contributed by atoms with E-state index in [1.165, 1.54) is 0 Å². The van der Waals surface area contributed by atoms with Gasteiger partial charge >= 0.3 is 0 Å². The first-order valence-electron chi connectivity index (χ1n) is 5.99. The first kappa shape index (κ1) is 13.0. The standard InChI is InChI=1S/C14H16F2O2/c1-9-7-11(18-2)3-4-12(9)13(17)10-5-6-14(15,16)8-10/h3-4,7,10H,5-6,8H2,1-2H3. The molecule has 0 bridgehead atoms. The minimum absolute atomic E-state index is 0.174. The predicted molar refractivity (Wildman–Crippen MR) is 64.3 cm³/mol. The molecule has 1 aliphatic carbocycles. The maximum absolute atomic E-state index is 13.1. The molecule has 0 amide bonds. The fraction of sp³-hybridized carbons (Fsp3) is 0.500. The number of ether oxygens (including phenoxy) is 1. The van der Waals surface area contributed by atoms with Crippen LogP contribution in [-0.2, 0) is 0 Å². The van der Waals surface area contributed by atoms with E-state index in [2.05, 4.69) is 0 Å². The van der Waals surface area contributed by atoms with Crippen LogP contribution in [0.1, 0.15) is 35.2 Å². The lowest BCUT2D eigenvalue weighted by Crippen LogP contribution is -2.16. The molecule has 2 nitrogen and oxygen atoms in total. The number of hydrogen-bond acceptors (Lipinski definition) is 2. The lowest BCUT2D eigenvalue weighted by Gasteiger charge is -2.12. The van der Waals surface area contributed by atoms with Gasteiger partial charge in [0, 0.05) is 24.3 Å². The minimum Gasteiger partial charge on any atom is -0.497 e. The van der Waals surface area contributed by atoms with E-state index >= 15 is 0 Å². The van der Waals surface area contributed by atoms with E-state index in [4.69, 9.17) is 4.74 Å². The molecule has 1 unspecified atom stereocenters. The zero-order valence-corrected chi connectivity index (χ0v) is 10.5. The summed E-state index contributed by atoms with van der Waals surface area (Å²) >= 11 is 0. The Labute approximate surface area is 105 Å². The van der Waals surface area contributed by atoms with Crippen LogP contribution in [0.25, 0.3) is 0 Å². The van der Waals surface area contributed by atoms with Crippen molar-refractivity contribution in [3.63, 3.8) is 0 Å². The van der Waals surface area contributed by atoms with Crippen molar-refractivity contribution in [3.05, 3.63) is 29.3 Å². The van der Waals surface area contributed by atoms with E-state index in [0.29, 0.717) is 11.3 Å². The topological polar surface area (TPSA) is 26.3 Å². The largest absolute Gasteiger partial charge is 0.497 e. The van der Waals surface area contributed by atoms with Crippen LogP contribution in [0.2, 0.25) is 0 Å². The first-order chi connectivity index (χ1) is 8.43. The van der Waals surface area contributed by atoms with Crippen molar-refractivity contribution in [2.24, 2.45) is 5.92 Å². The van der Waals surface area contributed by atoms with Crippen LogP contribution in [0.4, 0.5) is 8.78 Å². The van der Waals surface area contributed by atoms with E-state index in [1.54, 1.807) is 32.2 Å². The van der Waals surface area contributed by atoms with Crippen LogP contribution in [-0.4, -0.2) is 18.8 Å². The smallest absolute Gasteiger partial charge is 0.248 e. The van der Waals surface area contributed by atoms with Crippen LogP contribution >= 0.6 is 0 Å². The molecular formula is C14H16F2O2. The Morgan fingerprint density at radius 2 is 2.17 bits per heavy atom. The quantitative estimate of drug-likeness (QED) is 0.770. The van der Waals surface area contributed by atoms with Gasteiger partial charge in [-0.25, -0.2) is 8.78 Å². The van der Waals surface area contributed by atoms with E-state index in [-0.39, 0.29) is 25.0 Å². The van der Waals surface area contributed by atoms with Crippen molar-refractivity contribution in [2.45, 2.75) is 32.1 Å². The molecule has 1 saturated carbocycles. The highest BCUT2D eigenvalue weighted by molar-refractivity contribution is 5.99. The highest BCUT2D eigenvalue weighted by Crippen LogP contribution is 2.40. The molecule has 2 rings (SSSR count). The lowest BCUT2D eigenvalue weighted by molar-refractivity contribution is 0.00529. The van der Waals surface area contributed by atoms with Gasteiger partial charge in [0.15, 0.2) is 5.78 Å². The molecule has 18 heavy (non-hydrogen) atoms. The summed E-state index contributed by atoms with van der Waals surface area (Å²) in [7, 11) is 1.55. The molecule has 4 heteroatoms. The average Bonchev–Trinajstić information content (AvgIpc) is 2.68. The van der Waals surface area contributed by atoms with E-state index < -0.39 is 11.8 Å². The molecule has 1 aromatic carbocycles. The Morgan fingerprint density at radius 1 is 1.44 bits per heavy atom. The van der Waals surface area contributed by atoms with Gasteiger partial charge in [-0.2, -0.15) is 0 Å². The number of Topliss-reactive ketones (excluding diaryl/α,β-unsaturated/α-hetero) is 1. The fourth-order valence-electron chi connectivity index (χ4n) is 2.43. The zero-order chi connectivity index (χ0) is 13.3. The number of aryl methyl sites for hydroxylation is 1. The number of benzene rings is 1. The predicted octanol–water partition coefficient (Wildman–Crippen LogP) is 3.62. The number of rotatable bonds is 3. The van der Waals surface area contributed by atoms with Crippen LogP contribution in [0.3, 0.4) is 0 Å². The van der Waals surface area contributed by atoms with Gasteiger partial charge in [0.2, 0.25) is 5.92 Å². The maximum atomic E-state index is 13.1. The Balaban J connectivity index is 2.19. The third-order valence-electron chi connectivity index (χ3n) is 3.47. The van der Waals surface area contributed by atoms with Gasteiger partial charge in [-0.3, -0.25) is 4.79 Å². The maximum Gasteiger partial charge on any atom is 0.248 e. The number of carbonyl (C=O) groups excluding carboxylic acids is 1. The normalized spacial score (nSPS) is 21.9. The summed E-state index contributed by atoms with van der Waals surface area (Å²) in [6, 6.07) is 5.10. The van der Waals surface area contributed by atoms with Crippen molar-refractivity contribution in [1.82, 2.24) is 0 Å². The summed E-state index contributed by atoms with van der Waals surface area (Å²) in [4.78, 5) is 12.2. The summed E-state index contributed by atoms with van der Waals surface area (Å²) in [5.74, 6) is -2.74. The van der Waals surface area contributed by atoms with Gasteiger partial charge in [0.1, 0.15) is 5.75 Å². The highest BCUT2D eigenvalue weighted by atomic mass is 19.3. The van der Waals surface area contributed by atoms with Gasteiger partial charge in [-0.15, -0.1) is 0 Å². The average molecular weight is 254 g/mol. The van der Waals surface area contributed by atoms with E-state index in [1.807, 2.05) is 0 Å². The van der Waals surface area contributed by atoms with Crippen LogP contribution in [0.15, 0.2) is 18.2 Å². The Kier molecular flexibility index (Phi) is 3.37. The molecule has 1 fully saturated rings. The third kappa shape index (κ3) is 2.52. The number of halogens is 2. The first-order valence-corrected chi connectivity index (χ1v) is 5.99. The number of alkyl halides is 2. The van der Waals surface area contributed by atoms with Crippen LogP contribution in [0, 0.1) is 12.8 Å². The van der Waals surface area contributed by atoms with Crippen molar-refractivity contribution in [1.29, 1.82) is 0 Å². The lowest BCUT2D eigenvalue weighted by atomic mass is 9.93. The number of carbonyl (C=O) groups is 1. The van der Waals surface area contributed by atoms with Crippen LogP contribution < -0.4 is 4.74 Å². The van der Waals surface area contributed by atoms with Crippen molar-refractivity contribution >= 4 is 5.78 Å². The van der Waals surface area contributed by atoms with Gasteiger partial charge in [-0.05, 0) is 37.1 Å². The highest BCUT2D eigenvalue weighted by Gasteiger charge is 2.42. The Bertz CT molecular complexity index is 469. The molecular weight excluding hydrogens is 238 g/mol. The Hall–Kier alpha value is -1.45. The van der Waals surface area contributed by atoms with Gasteiger partial charge in [0.25, 0.3) is 0 Å². The van der Waals surface area contributed by atoms with Crippen molar-refractivity contribution in [3.8, 4) is 5.75 Å². The summed E-state index contributed by atoms with van der Waals surface area (Å²) in [6.45, 7) is 1.79. The van der Waals surface area contributed by atoms with Crippen molar-refractivity contribution in [2.75, 3.05) is 7.11 Å². The molecule has 0 N–H and O–H groups in total. The van der Waals surface area contributed by atoms with E-state index in [0.717, 1.165) is 5.56 Å². The summed E-state index contributed by atoms with van der Waals surface area (Å²) in [5.41, 5.74) is 1.30. The minimum atomic E-state index is -2.68. The third-order valence-corrected chi connectivity index (χ3v) is 3.47. The molecule has 0 heterocycles. The summed E-state index contributed by atoms with van der Waals surface area (Å²) in [6.07, 6.45) is -0.229. The summed E-state index contributed by atoms with van der Waals surface area (Å²) in [5, 5.41) is 0.